The molecule has 1 saturated heterocycles. The van der Waals surface area contributed by atoms with Crippen LogP contribution in [0, 0.1) is 5.92 Å². The van der Waals surface area contributed by atoms with Crippen molar-refractivity contribution in [1.29, 1.82) is 0 Å². The van der Waals surface area contributed by atoms with E-state index in [2.05, 4.69) is 26.1 Å². The molecule has 2 heteroatoms. The zero-order valence-electron chi connectivity index (χ0n) is 7.76. The van der Waals surface area contributed by atoms with Gasteiger partial charge in [-0.2, -0.15) is 0 Å². The van der Waals surface area contributed by atoms with Gasteiger partial charge in [0.15, 0.2) is 0 Å². The zero-order chi connectivity index (χ0) is 8.27. The highest BCUT2D eigenvalue weighted by Crippen LogP contribution is 2.10. The molecule has 0 aromatic rings. The molecule has 1 aliphatic rings. The molecular formula is C9H19NO. The molecule has 0 aromatic carbocycles. The van der Waals surface area contributed by atoms with Gasteiger partial charge in [0.2, 0.25) is 0 Å². The largest absolute Gasteiger partial charge is 0.375 e. The van der Waals surface area contributed by atoms with Crippen LogP contribution in [-0.2, 0) is 4.74 Å². The third-order valence-corrected chi connectivity index (χ3v) is 2.01. The van der Waals surface area contributed by atoms with Crippen molar-refractivity contribution in [2.45, 2.75) is 39.3 Å². The smallest absolute Gasteiger partial charge is 0.0702 e. The summed E-state index contributed by atoms with van der Waals surface area (Å²) in [6.45, 7) is 8.53. The minimum atomic E-state index is 0.450. The molecule has 1 N–H and O–H groups in total. The van der Waals surface area contributed by atoms with Gasteiger partial charge < -0.3 is 10.1 Å². The highest BCUT2D eigenvalue weighted by Gasteiger charge is 2.18. The number of morpholine rings is 1. The van der Waals surface area contributed by atoms with Crippen molar-refractivity contribution in [3.63, 3.8) is 0 Å². The van der Waals surface area contributed by atoms with Crippen LogP contribution in [-0.4, -0.2) is 25.3 Å². The topological polar surface area (TPSA) is 21.3 Å². The SMILES string of the molecule is CC(C)CC1CNC(C)CO1. The predicted octanol–water partition coefficient (Wildman–Crippen LogP) is 1.41. The van der Waals surface area contributed by atoms with Crippen LogP contribution in [0.25, 0.3) is 0 Å². The molecule has 0 aliphatic carbocycles. The van der Waals surface area contributed by atoms with Gasteiger partial charge in [-0.1, -0.05) is 13.8 Å². The summed E-state index contributed by atoms with van der Waals surface area (Å²) in [5, 5.41) is 3.41. The fourth-order valence-corrected chi connectivity index (χ4v) is 1.41. The van der Waals surface area contributed by atoms with E-state index in [4.69, 9.17) is 4.74 Å². The molecule has 2 nitrogen and oxygen atoms in total. The second kappa shape index (κ2) is 4.07. The van der Waals surface area contributed by atoms with Crippen molar-refractivity contribution >= 4 is 0 Å². The number of nitrogens with one attached hydrogen (secondary N) is 1. The molecule has 1 aliphatic heterocycles. The van der Waals surface area contributed by atoms with Gasteiger partial charge in [-0.15, -0.1) is 0 Å². The summed E-state index contributed by atoms with van der Waals surface area (Å²) in [5.41, 5.74) is 0. The highest BCUT2D eigenvalue weighted by molar-refractivity contribution is 4.73. The first-order valence-corrected chi connectivity index (χ1v) is 4.53. The van der Waals surface area contributed by atoms with Gasteiger partial charge in [0, 0.05) is 12.6 Å². The Morgan fingerprint density at radius 1 is 1.55 bits per heavy atom. The number of hydrogen-bond donors (Lipinski definition) is 1. The van der Waals surface area contributed by atoms with Crippen molar-refractivity contribution in [3.8, 4) is 0 Å². The van der Waals surface area contributed by atoms with E-state index in [9.17, 15) is 0 Å². The maximum absolute atomic E-state index is 5.64. The van der Waals surface area contributed by atoms with Gasteiger partial charge in [0.1, 0.15) is 0 Å². The molecule has 1 heterocycles. The Hall–Kier alpha value is -0.0800. The second-order valence-corrected chi connectivity index (χ2v) is 3.89. The minimum absolute atomic E-state index is 0.450. The number of rotatable bonds is 2. The molecule has 2 atom stereocenters. The summed E-state index contributed by atoms with van der Waals surface area (Å²) in [6, 6.07) is 0.540. The first-order valence-electron chi connectivity index (χ1n) is 4.53. The molecule has 11 heavy (non-hydrogen) atoms. The van der Waals surface area contributed by atoms with Gasteiger partial charge in [-0.05, 0) is 19.3 Å². The van der Waals surface area contributed by atoms with Crippen molar-refractivity contribution < 1.29 is 4.74 Å². The molecule has 1 rings (SSSR count). The first kappa shape index (κ1) is 9.01. The van der Waals surface area contributed by atoms with E-state index in [1.807, 2.05) is 0 Å². The van der Waals surface area contributed by atoms with Crippen LogP contribution in [0.15, 0.2) is 0 Å². The number of ether oxygens (including phenoxy) is 1. The summed E-state index contributed by atoms with van der Waals surface area (Å²) in [4.78, 5) is 0. The minimum Gasteiger partial charge on any atom is -0.375 e. The average molecular weight is 157 g/mol. The van der Waals surface area contributed by atoms with Gasteiger partial charge in [-0.25, -0.2) is 0 Å². The zero-order valence-corrected chi connectivity index (χ0v) is 7.76. The lowest BCUT2D eigenvalue weighted by molar-refractivity contribution is -0.00272. The third-order valence-electron chi connectivity index (χ3n) is 2.01. The monoisotopic (exact) mass is 157 g/mol. The molecule has 0 radical (unpaired) electrons. The highest BCUT2D eigenvalue weighted by atomic mass is 16.5. The summed E-state index contributed by atoms with van der Waals surface area (Å²) < 4.78 is 5.64. The average Bonchev–Trinajstić information content (AvgIpc) is 1.93. The molecular weight excluding hydrogens is 138 g/mol. The van der Waals surface area contributed by atoms with Gasteiger partial charge in [0.25, 0.3) is 0 Å². The Kier molecular flexibility index (Phi) is 3.34. The van der Waals surface area contributed by atoms with Crippen molar-refractivity contribution in [2.24, 2.45) is 5.92 Å². The molecule has 0 aromatic heterocycles. The fraction of sp³-hybridized carbons (Fsp3) is 1.00. The summed E-state index contributed by atoms with van der Waals surface area (Å²) in [5.74, 6) is 0.746. The van der Waals surface area contributed by atoms with Gasteiger partial charge in [0.05, 0.1) is 12.7 Å². The maximum Gasteiger partial charge on any atom is 0.0702 e. The molecule has 0 bridgehead atoms. The summed E-state index contributed by atoms with van der Waals surface area (Å²) in [7, 11) is 0. The van der Waals surface area contributed by atoms with E-state index in [0.29, 0.717) is 12.1 Å². The molecule has 0 spiro atoms. The van der Waals surface area contributed by atoms with Crippen LogP contribution < -0.4 is 5.32 Å². The Bertz CT molecular complexity index is 106. The standard InChI is InChI=1S/C9H19NO/c1-7(2)4-9-5-10-8(3)6-11-9/h7-10H,4-6H2,1-3H3. The van der Waals surface area contributed by atoms with Crippen LogP contribution in [0.1, 0.15) is 27.2 Å². The van der Waals surface area contributed by atoms with E-state index in [1.54, 1.807) is 0 Å². The van der Waals surface area contributed by atoms with Crippen LogP contribution in [0.2, 0.25) is 0 Å². The fourth-order valence-electron chi connectivity index (χ4n) is 1.41. The lowest BCUT2D eigenvalue weighted by Crippen LogP contribution is -2.45. The van der Waals surface area contributed by atoms with Crippen molar-refractivity contribution in [1.82, 2.24) is 5.32 Å². The summed E-state index contributed by atoms with van der Waals surface area (Å²) in [6.07, 6.45) is 1.63. The summed E-state index contributed by atoms with van der Waals surface area (Å²) >= 11 is 0. The molecule has 0 saturated carbocycles. The second-order valence-electron chi connectivity index (χ2n) is 3.89. The molecule has 66 valence electrons. The van der Waals surface area contributed by atoms with E-state index >= 15 is 0 Å². The Balaban J connectivity index is 2.17. The predicted molar refractivity (Wildman–Crippen MR) is 46.7 cm³/mol. The van der Waals surface area contributed by atoms with E-state index in [0.717, 1.165) is 19.1 Å². The Morgan fingerprint density at radius 2 is 2.27 bits per heavy atom. The van der Waals surface area contributed by atoms with Crippen molar-refractivity contribution in [3.05, 3.63) is 0 Å². The lowest BCUT2D eigenvalue weighted by atomic mass is 10.0. The molecule has 2 unspecified atom stereocenters. The quantitative estimate of drug-likeness (QED) is 0.654. The third kappa shape index (κ3) is 3.21. The molecule has 0 amide bonds. The lowest BCUT2D eigenvalue weighted by Gasteiger charge is -2.29. The van der Waals surface area contributed by atoms with Gasteiger partial charge in [-0.3, -0.25) is 0 Å². The van der Waals surface area contributed by atoms with Crippen LogP contribution in [0.4, 0.5) is 0 Å². The van der Waals surface area contributed by atoms with E-state index < -0.39 is 0 Å². The van der Waals surface area contributed by atoms with Gasteiger partial charge >= 0.3 is 0 Å². The Morgan fingerprint density at radius 3 is 2.73 bits per heavy atom. The first-order chi connectivity index (χ1) is 5.18. The van der Waals surface area contributed by atoms with Crippen LogP contribution >= 0.6 is 0 Å². The van der Waals surface area contributed by atoms with Crippen LogP contribution in [0.3, 0.4) is 0 Å². The van der Waals surface area contributed by atoms with E-state index in [1.165, 1.54) is 6.42 Å². The van der Waals surface area contributed by atoms with Crippen LogP contribution in [0.5, 0.6) is 0 Å². The molecule has 1 fully saturated rings. The number of hydrogen-bond acceptors (Lipinski definition) is 2. The Labute approximate surface area is 69.3 Å². The normalized spacial score (nSPS) is 32.7. The van der Waals surface area contributed by atoms with E-state index in [-0.39, 0.29) is 0 Å². The maximum atomic E-state index is 5.64. The van der Waals surface area contributed by atoms with Crippen molar-refractivity contribution in [2.75, 3.05) is 13.2 Å².